The molecule has 0 saturated carbocycles. The van der Waals surface area contributed by atoms with Crippen LogP contribution in [0.1, 0.15) is 0 Å². The molecular formula is C21H28Na52O14+52. The Hall–Kier alpha value is 46.5. The monoisotopic (exact) mass is 1700 g/mol. The van der Waals surface area contributed by atoms with Crippen molar-refractivity contribution >= 4 is 41.8 Å². The maximum Gasteiger partial charge on any atom is 1.00 e. The summed E-state index contributed by atoms with van der Waals surface area (Å²) in [6, 6.07) is 0. The summed E-state index contributed by atoms with van der Waals surface area (Å²) in [4.78, 5) is 64.8. The van der Waals surface area contributed by atoms with E-state index in [1.54, 1.807) is 0 Å². The molecule has 7 N–H and O–H groups in total. The van der Waals surface area contributed by atoms with Gasteiger partial charge in [0.05, 0.1) is 0 Å². The van der Waals surface area contributed by atoms with Crippen molar-refractivity contribution < 1.29 is 1610 Å². The molecule has 87 heavy (non-hydrogen) atoms. The van der Waals surface area contributed by atoms with E-state index < -0.39 is 41.8 Å². The van der Waals surface area contributed by atoms with Crippen molar-refractivity contribution in [3.05, 3.63) is 88.6 Å². The van der Waals surface area contributed by atoms with Crippen molar-refractivity contribution in [2.24, 2.45) is 0 Å². The Morgan fingerprint density at radius 1 is 0.126 bits per heavy atom. The van der Waals surface area contributed by atoms with Gasteiger partial charge in [-0.3, -0.25) is 0 Å². The summed E-state index contributed by atoms with van der Waals surface area (Å²) < 4.78 is 0. The van der Waals surface area contributed by atoms with E-state index in [0.29, 0.717) is 0 Å². The molecule has 14 nitrogen and oxygen atoms in total. The molecule has 0 heterocycles. The van der Waals surface area contributed by atoms with Crippen molar-refractivity contribution in [2.75, 3.05) is 0 Å². The fourth-order valence-electron chi connectivity index (χ4n) is 0. The van der Waals surface area contributed by atoms with E-state index in [1.165, 1.54) is 0 Å². The number of hydrogen-bond donors (Lipinski definition) is 7. The van der Waals surface area contributed by atoms with E-state index >= 15 is 0 Å². The normalized spacial score (nSPS) is 2.57. The Kier molecular flexibility index (Phi) is 2000. The van der Waals surface area contributed by atoms with Crippen molar-refractivity contribution in [2.45, 2.75) is 0 Å². The number of carbonyl (C=O) groups is 7. The molecule has 0 fully saturated rings. The quantitative estimate of drug-likeness (QED) is 0.0924. The van der Waals surface area contributed by atoms with Crippen LogP contribution >= 0.6 is 0 Å². The summed E-state index contributed by atoms with van der Waals surface area (Å²) in [5, 5.41) is 53.2. The van der Waals surface area contributed by atoms with Gasteiger partial charge in [0, 0.05) is 42.5 Å². The fraction of sp³-hybridized carbons (Fsp3) is 0. The summed E-state index contributed by atoms with van der Waals surface area (Å²) in [7, 11) is 0. The molecule has 0 aliphatic heterocycles. The third-order valence-electron chi connectivity index (χ3n) is 1.22. The second-order valence-electron chi connectivity index (χ2n) is 3.80. The van der Waals surface area contributed by atoms with Crippen LogP contribution in [0.2, 0.25) is 0 Å². The van der Waals surface area contributed by atoms with Gasteiger partial charge in [-0.2, -0.15) is 0 Å². The molecule has 0 atom stereocenters. The molecule has 0 bridgehead atoms. The molecule has 66 heteroatoms. The molecule has 0 aromatic rings. The summed E-state index contributed by atoms with van der Waals surface area (Å²) >= 11 is 0. The zero-order valence-electron chi connectivity index (χ0n) is 70.5. The third kappa shape index (κ3) is 617. The third-order valence-corrected chi connectivity index (χ3v) is 1.22. The summed E-state index contributed by atoms with van der Waals surface area (Å²) in [6.07, 6.45) is 5.83. The van der Waals surface area contributed by atoms with Crippen LogP contribution in [-0.2, 0) is 33.6 Å². The molecular weight excluding hydrogens is 1670 g/mol. The molecule has 0 aromatic carbocycles. The van der Waals surface area contributed by atoms with Gasteiger partial charge in [0.2, 0.25) is 0 Å². The maximum atomic E-state index is 9.25. The minimum Gasteiger partial charge on any atom is -0.478 e. The molecule has 0 unspecified atom stereocenters. The molecule has 0 radical (unpaired) electrons. The number of carboxylic acid groups (broad SMARTS) is 7. The second kappa shape index (κ2) is 413. The summed E-state index contributed by atoms with van der Waals surface area (Å²) in [6.45, 7) is 20.7. The van der Waals surface area contributed by atoms with E-state index in [2.05, 4.69) is 46.1 Å². The second-order valence-corrected chi connectivity index (χ2v) is 3.80. The van der Waals surface area contributed by atoms with Crippen molar-refractivity contribution in [1.82, 2.24) is 0 Å². The zero-order valence-corrected chi connectivity index (χ0v) is 174. The predicted molar refractivity (Wildman–Crippen MR) is 125 cm³/mol. The summed E-state index contributed by atoms with van der Waals surface area (Å²) in [5.41, 5.74) is 0. The van der Waals surface area contributed by atoms with Crippen molar-refractivity contribution in [1.29, 1.82) is 0 Å². The van der Waals surface area contributed by atoms with Gasteiger partial charge in [-0.15, -0.1) is 0 Å². The Morgan fingerprint density at radius 2 is 0.138 bits per heavy atom. The van der Waals surface area contributed by atoms with Gasteiger partial charge in [-0.05, 0) is 0 Å². The Morgan fingerprint density at radius 3 is 0.138 bits per heavy atom. The van der Waals surface area contributed by atoms with Gasteiger partial charge < -0.3 is 35.7 Å². The average molecular weight is 1700 g/mol. The van der Waals surface area contributed by atoms with Crippen LogP contribution in [0, 0.1) is 0 Å². The van der Waals surface area contributed by atoms with Crippen LogP contribution in [-0.4, -0.2) is 77.5 Å². The fourth-order valence-corrected chi connectivity index (χ4v) is 0. The van der Waals surface area contributed by atoms with Crippen molar-refractivity contribution in [3.63, 3.8) is 0 Å². The first-order chi connectivity index (χ1) is 15.9. The van der Waals surface area contributed by atoms with E-state index in [0.717, 1.165) is 42.5 Å². The molecule has 0 aliphatic carbocycles. The largest absolute Gasteiger partial charge is 1.00 e. The average Bonchev–Trinajstić information content (AvgIpc) is 2.80. The molecule has 0 rings (SSSR count). The molecule has 0 aromatic heterocycles. The number of carboxylic acids is 7. The van der Waals surface area contributed by atoms with Gasteiger partial charge in [-0.1, -0.05) is 46.1 Å². The van der Waals surface area contributed by atoms with Crippen LogP contribution in [0.5, 0.6) is 0 Å². The SMILES string of the molecule is C=CC(=O)O.C=CC(=O)O.C=CC(=O)O.C=CC(=O)O.C=CC(=O)O.C=CC(=O)O.C=CC(=O)O.[Na+].[Na+].[Na+].[Na+].[Na+].[Na+].[Na+].[Na+].[Na+].[Na+].[Na+].[Na+].[Na+].[Na+].[Na+].[Na+].[Na+].[Na+].[Na+].[Na+].[Na+].[Na+].[Na+].[Na+].[Na+].[Na+].[Na+].[Na+].[Na+].[Na+].[Na+].[Na+].[Na+].[Na+].[Na+].[Na+].[Na+].[Na+].[Na+].[Na+].[Na+].[Na+].[Na+].[Na+].[Na+].[Na+].[Na+].[Na+].[Na+].[Na+].[Na+].[Na+]. The number of hydrogen-bond acceptors (Lipinski definition) is 7. The summed E-state index contributed by atoms with van der Waals surface area (Å²) in [5.74, 6) is -6.87. The minimum atomic E-state index is -0.981. The van der Waals surface area contributed by atoms with Gasteiger partial charge in [0.1, 0.15) is 0 Å². The predicted octanol–water partition coefficient (Wildman–Crippen LogP) is -154. The molecule has 0 saturated heterocycles. The molecule has 196 valence electrons. The first-order valence-electron chi connectivity index (χ1n) is 7.87. The van der Waals surface area contributed by atoms with Crippen LogP contribution < -0.4 is 1540 Å². The topological polar surface area (TPSA) is 261 Å². The van der Waals surface area contributed by atoms with Crippen LogP contribution in [0.25, 0.3) is 0 Å². The van der Waals surface area contributed by atoms with E-state index in [1.807, 2.05) is 0 Å². The van der Waals surface area contributed by atoms with Crippen LogP contribution in [0.3, 0.4) is 0 Å². The van der Waals surface area contributed by atoms with Gasteiger partial charge in [0.25, 0.3) is 0 Å². The Balaban J connectivity index is -0.00000000168. The molecule has 0 aliphatic rings. The number of rotatable bonds is 7. The van der Waals surface area contributed by atoms with E-state index in [9.17, 15) is 33.6 Å². The van der Waals surface area contributed by atoms with Crippen LogP contribution in [0.4, 0.5) is 0 Å². The first kappa shape index (κ1) is 422. The minimum absolute atomic E-state index is 0. The standard InChI is InChI=1S/7C3H4O2.52Na/c7*1-2-3(4)5;;;;;;;;;;;;;;;;;;;;;;;;;;;;;;;;;;;;;;;;;;;;;;;;;;;;/h7*2H,1H2,(H,4,5);;;;;;;;;;;;;;;;;;;;;;;;;;;;;;;;;;;;;;;;;;;;;;;;;;;;/q;;;;;;;52*+1. The Bertz CT molecular complexity index is 653. The molecule has 0 amide bonds. The molecule has 0 spiro atoms. The van der Waals surface area contributed by atoms with Crippen molar-refractivity contribution in [3.8, 4) is 0 Å². The Labute approximate surface area is 1680 Å². The smallest absolute Gasteiger partial charge is 0.478 e. The zero-order chi connectivity index (χ0) is 30.0. The van der Waals surface area contributed by atoms with Gasteiger partial charge >= 0.3 is 1580 Å². The van der Waals surface area contributed by atoms with Gasteiger partial charge in [-0.25, -0.2) is 33.6 Å². The maximum absolute atomic E-state index is 9.25. The first-order valence-corrected chi connectivity index (χ1v) is 7.87. The van der Waals surface area contributed by atoms with Crippen LogP contribution in [0.15, 0.2) is 88.6 Å². The van der Waals surface area contributed by atoms with Gasteiger partial charge in [0.15, 0.2) is 0 Å². The number of aliphatic carboxylic acids is 7. The van der Waals surface area contributed by atoms with E-state index in [-0.39, 0.29) is 1540 Å². The van der Waals surface area contributed by atoms with E-state index in [4.69, 9.17) is 35.7 Å².